The van der Waals surface area contributed by atoms with Crippen molar-refractivity contribution in [3.63, 3.8) is 0 Å². The lowest BCUT2D eigenvalue weighted by Gasteiger charge is -2.14. The molecule has 0 aliphatic carbocycles. The Hall–Kier alpha value is -4.05. The van der Waals surface area contributed by atoms with Crippen molar-refractivity contribution in [2.75, 3.05) is 30.7 Å². The van der Waals surface area contributed by atoms with Gasteiger partial charge in [-0.3, -0.25) is 4.72 Å². The quantitative estimate of drug-likeness (QED) is 0.175. The highest BCUT2D eigenvalue weighted by atomic mass is 32.2. The van der Waals surface area contributed by atoms with Gasteiger partial charge in [-0.1, -0.05) is 30.3 Å². The highest BCUT2D eigenvalue weighted by Crippen LogP contribution is 2.32. The Kier molecular flexibility index (Phi) is 7.50. The van der Waals surface area contributed by atoms with E-state index in [0.717, 1.165) is 45.3 Å². The summed E-state index contributed by atoms with van der Waals surface area (Å²) in [5.41, 5.74) is 2.99. The first kappa shape index (κ1) is 25.6. The smallest absolute Gasteiger partial charge is 0.229 e. The SMILES string of the molecule is CS(=O)(=O)Nc1cccc([C@@H](O)CNCCOc2ccc3c(c2)[nH]c2cc(Oc4ccccc4)ccc23)c1. The number of benzene rings is 4. The van der Waals surface area contributed by atoms with Gasteiger partial charge in [-0.25, -0.2) is 8.42 Å². The number of aliphatic hydroxyl groups excluding tert-OH is 1. The van der Waals surface area contributed by atoms with E-state index in [4.69, 9.17) is 9.47 Å². The molecule has 4 aromatic carbocycles. The van der Waals surface area contributed by atoms with Crippen molar-refractivity contribution in [2.45, 2.75) is 6.10 Å². The van der Waals surface area contributed by atoms with E-state index in [1.54, 1.807) is 24.3 Å². The van der Waals surface area contributed by atoms with Crippen LogP contribution in [0.5, 0.6) is 17.2 Å². The van der Waals surface area contributed by atoms with Gasteiger partial charge in [0.2, 0.25) is 10.0 Å². The molecule has 38 heavy (non-hydrogen) atoms. The van der Waals surface area contributed by atoms with Crippen molar-refractivity contribution in [3.05, 3.63) is 96.6 Å². The first-order valence-electron chi connectivity index (χ1n) is 12.2. The Morgan fingerprint density at radius 3 is 2.29 bits per heavy atom. The number of hydrogen-bond donors (Lipinski definition) is 4. The van der Waals surface area contributed by atoms with Gasteiger partial charge in [-0.2, -0.15) is 0 Å². The zero-order valence-corrected chi connectivity index (χ0v) is 21.7. The number of ether oxygens (including phenoxy) is 2. The molecular formula is C29H29N3O5S. The van der Waals surface area contributed by atoms with E-state index in [-0.39, 0.29) is 0 Å². The van der Waals surface area contributed by atoms with Crippen LogP contribution in [0.4, 0.5) is 5.69 Å². The molecule has 9 heteroatoms. The molecule has 5 aromatic rings. The molecule has 5 rings (SSSR count). The van der Waals surface area contributed by atoms with E-state index in [9.17, 15) is 13.5 Å². The Morgan fingerprint density at radius 2 is 1.55 bits per heavy atom. The van der Waals surface area contributed by atoms with Crippen molar-refractivity contribution < 1.29 is 23.0 Å². The van der Waals surface area contributed by atoms with Crippen molar-refractivity contribution in [1.82, 2.24) is 10.3 Å². The summed E-state index contributed by atoms with van der Waals surface area (Å²) in [6.07, 6.45) is 0.306. The molecule has 0 fully saturated rings. The molecule has 0 unspecified atom stereocenters. The topological polar surface area (TPSA) is 113 Å². The number of sulfonamides is 1. The number of H-pyrrole nitrogens is 1. The van der Waals surface area contributed by atoms with Crippen molar-refractivity contribution in [3.8, 4) is 17.2 Å². The third kappa shape index (κ3) is 6.44. The first-order chi connectivity index (χ1) is 18.3. The monoisotopic (exact) mass is 531 g/mol. The number of fused-ring (bicyclic) bond motifs is 3. The standard InChI is InChI=1S/C29H29N3O5S/c1-38(34,35)32-21-7-5-6-20(16-21)29(33)19-30-14-15-36-23-10-12-25-26-13-11-24(18-28(26)31-27(25)17-23)37-22-8-3-2-4-9-22/h2-13,16-18,29-33H,14-15,19H2,1H3/t29-/m0/s1. The molecule has 1 atom stereocenters. The number of para-hydroxylation sites is 1. The normalized spacial score (nSPS) is 12.5. The van der Waals surface area contributed by atoms with Gasteiger partial charge in [-0.05, 0) is 54.1 Å². The maximum atomic E-state index is 11.4. The fourth-order valence-corrected chi connectivity index (χ4v) is 4.82. The van der Waals surface area contributed by atoms with Crippen LogP contribution in [0.3, 0.4) is 0 Å². The Bertz CT molecular complexity index is 1650. The van der Waals surface area contributed by atoms with E-state index in [1.165, 1.54) is 0 Å². The number of rotatable bonds is 11. The third-order valence-corrected chi connectivity index (χ3v) is 6.59. The van der Waals surface area contributed by atoms with Crippen LogP contribution < -0.4 is 19.5 Å². The first-order valence-corrected chi connectivity index (χ1v) is 14.1. The van der Waals surface area contributed by atoms with Crippen molar-refractivity contribution in [1.29, 1.82) is 0 Å². The lowest BCUT2D eigenvalue weighted by Crippen LogP contribution is -2.26. The molecule has 8 nitrogen and oxygen atoms in total. The largest absolute Gasteiger partial charge is 0.492 e. The van der Waals surface area contributed by atoms with Gasteiger partial charge in [0.05, 0.1) is 23.4 Å². The van der Waals surface area contributed by atoms with Crippen molar-refractivity contribution in [2.24, 2.45) is 0 Å². The zero-order chi connectivity index (χ0) is 26.5. The number of aromatic amines is 1. The lowest BCUT2D eigenvalue weighted by molar-refractivity contribution is 0.172. The molecule has 4 N–H and O–H groups in total. The summed E-state index contributed by atoms with van der Waals surface area (Å²) in [5.74, 6) is 2.29. The summed E-state index contributed by atoms with van der Waals surface area (Å²) in [6, 6.07) is 28.4. The van der Waals surface area contributed by atoms with Gasteiger partial charge in [0, 0.05) is 41.7 Å². The molecule has 1 heterocycles. The van der Waals surface area contributed by atoms with Crippen LogP contribution in [0.1, 0.15) is 11.7 Å². The molecule has 0 aliphatic rings. The number of anilines is 1. The van der Waals surface area contributed by atoms with Crippen LogP contribution >= 0.6 is 0 Å². The second-order valence-electron chi connectivity index (χ2n) is 9.02. The molecule has 196 valence electrons. The van der Waals surface area contributed by atoms with Gasteiger partial charge in [-0.15, -0.1) is 0 Å². The van der Waals surface area contributed by atoms with Gasteiger partial charge in [0.1, 0.15) is 23.9 Å². The Morgan fingerprint density at radius 1 is 0.842 bits per heavy atom. The Labute approximate surface area is 221 Å². The number of aliphatic hydroxyl groups is 1. The lowest BCUT2D eigenvalue weighted by atomic mass is 10.1. The van der Waals surface area contributed by atoms with E-state index in [0.29, 0.717) is 30.9 Å². The number of nitrogens with one attached hydrogen (secondary N) is 3. The average molecular weight is 532 g/mol. The van der Waals surface area contributed by atoms with Crippen LogP contribution in [0, 0.1) is 0 Å². The predicted octanol–water partition coefficient (Wildman–Crippen LogP) is 5.19. The summed E-state index contributed by atoms with van der Waals surface area (Å²) in [4.78, 5) is 3.45. The van der Waals surface area contributed by atoms with Crippen LogP contribution in [0.15, 0.2) is 91.0 Å². The van der Waals surface area contributed by atoms with Crippen LogP contribution in [-0.2, 0) is 10.0 Å². The molecule has 0 saturated carbocycles. The highest BCUT2D eigenvalue weighted by molar-refractivity contribution is 7.92. The summed E-state index contributed by atoms with van der Waals surface area (Å²) < 4.78 is 37.1. The molecular weight excluding hydrogens is 502 g/mol. The fourth-order valence-electron chi connectivity index (χ4n) is 4.27. The molecule has 0 amide bonds. The summed E-state index contributed by atoms with van der Waals surface area (Å²) in [7, 11) is -3.38. The minimum atomic E-state index is -3.38. The summed E-state index contributed by atoms with van der Waals surface area (Å²) >= 11 is 0. The second-order valence-corrected chi connectivity index (χ2v) is 10.8. The molecule has 0 bridgehead atoms. The minimum absolute atomic E-state index is 0.306. The molecule has 1 aromatic heterocycles. The number of aromatic nitrogens is 1. The van der Waals surface area contributed by atoms with E-state index in [2.05, 4.69) is 21.1 Å². The van der Waals surface area contributed by atoms with Crippen molar-refractivity contribution >= 4 is 37.5 Å². The molecule has 0 aliphatic heterocycles. The minimum Gasteiger partial charge on any atom is -0.492 e. The average Bonchev–Trinajstić information content (AvgIpc) is 3.25. The van der Waals surface area contributed by atoms with Gasteiger partial charge < -0.3 is 24.9 Å². The van der Waals surface area contributed by atoms with Crippen LogP contribution in [-0.4, -0.2) is 44.5 Å². The van der Waals surface area contributed by atoms with E-state index >= 15 is 0 Å². The number of hydrogen-bond acceptors (Lipinski definition) is 6. The van der Waals surface area contributed by atoms with Gasteiger partial charge in [0.15, 0.2) is 0 Å². The highest BCUT2D eigenvalue weighted by Gasteiger charge is 2.10. The van der Waals surface area contributed by atoms with Crippen LogP contribution in [0.2, 0.25) is 0 Å². The predicted molar refractivity (Wildman–Crippen MR) is 151 cm³/mol. The summed E-state index contributed by atoms with van der Waals surface area (Å²) in [6.45, 7) is 1.26. The third-order valence-electron chi connectivity index (χ3n) is 5.98. The fraction of sp³-hybridized carbons (Fsp3) is 0.172. The molecule has 0 spiro atoms. The van der Waals surface area contributed by atoms with Gasteiger partial charge in [0.25, 0.3) is 0 Å². The zero-order valence-electron chi connectivity index (χ0n) is 20.8. The second kappa shape index (κ2) is 11.1. The summed E-state index contributed by atoms with van der Waals surface area (Å²) in [5, 5.41) is 15.8. The maximum absolute atomic E-state index is 11.4. The van der Waals surface area contributed by atoms with Gasteiger partial charge >= 0.3 is 0 Å². The van der Waals surface area contributed by atoms with Crippen LogP contribution in [0.25, 0.3) is 21.8 Å². The van der Waals surface area contributed by atoms with E-state index in [1.807, 2.05) is 60.7 Å². The van der Waals surface area contributed by atoms with E-state index < -0.39 is 16.1 Å². The Balaban J connectivity index is 1.15. The molecule has 0 radical (unpaired) electrons. The maximum Gasteiger partial charge on any atom is 0.229 e. The molecule has 0 saturated heterocycles.